The van der Waals surface area contributed by atoms with Gasteiger partial charge in [0.15, 0.2) is 15.7 Å². The van der Waals surface area contributed by atoms with Crippen molar-refractivity contribution in [2.24, 2.45) is 5.92 Å². The quantitative estimate of drug-likeness (QED) is 0.821. The Morgan fingerprint density at radius 3 is 2.90 bits per heavy atom. The fraction of sp³-hybridized carbons (Fsp3) is 0.750. The SMILES string of the molecule is CCCS(=O)(=O)c1c(N)nsc1NCC1CCN(C)C1. The van der Waals surface area contributed by atoms with E-state index >= 15 is 0 Å². The largest absolute Gasteiger partial charge is 0.382 e. The summed E-state index contributed by atoms with van der Waals surface area (Å²) < 4.78 is 28.4. The number of anilines is 2. The summed E-state index contributed by atoms with van der Waals surface area (Å²) in [4.78, 5) is 2.47. The molecular weight excluding hydrogens is 296 g/mol. The number of rotatable bonds is 6. The van der Waals surface area contributed by atoms with Crippen LogP contribution in [0.25, 0.3) is 0 Å². The van der Waals surface area contributed by atoms with Crippen LogP contribution in [0.1, 0.15) is 19.8 Å². The highest BCUT2D eigenvalue weighted by Gasteiger charge is 2.26. The predicted molar refractivity (Wildman–Crippen MR) is 83.0 cm³/mol. The third-order valence-electron chi connectivity index (χ3n) is 3.50. The molecule has 2 rings (SSSR count). The number of nitrogen functional groups attached to an aromatic ring is 1. The number of nitrogens with two attached hydrogens (primary N) is 1. The molecule has 1 fully saturated rings. The lowest BCUT2D eigenvalue weighted by Gasteiger charge is -2.12. The molecule has 20 heavy (non-hydrogen) atoms. The van der Waals surface area contributed by atoms with Crippen LogP contribution in [0.15, 0.2) is 4.90 Å². The Balaban J connectivity index is 2.09. The van der Waals surface area contributed by atoms with Crippen LogP contribution in [0, 0.1) is 5.92 Å². The predicted octanol–water partition coefficient (Wildman–Crippen LogP) is 1.27. The topological polar surface area (TPSA) is 88.3 Å². The van der Waals surface area contributed by atoms with Gasteiger partial charge in [0, 0.05) is 13.1 Å². The highest BCUT2D eigenvalue weighted by atomic mass is 32.2. The van der Waals surface area contributed by atoms with Gasteiger partial charge in [-0.3, -0.25) is 0 Å². The monoisotopic (exact) mass is 318 g/mol. The zero-order chi connectivity index (χ0) is 14.8. The van der Waals surface area contributed by atoms with Crippen molar-refractivity contribution in [1.29, 1.82) is 0 Å². The number of sulfone groups is 1. The second-order valence-electron chi connectivity index (χ2n) is 5.34. The lowest BCUT2D eigenvalue weighted by molar-refractivity contribution is 0.399. The Kier molecular flexibility index (Phi) is 4.87. The lowest BCUT2D eigenvalue weighted by Crippen LogP contribution is -2.19. The van der Waals surface area contributed by atoms with E-state index in [2.05, 4.69) is 21.6 Å². The van der Waals surface area contributed by atoms with E-state index in [1.165, 1.54) is 0 Å². The van der Waals surface area contributed by atoms with Gasteiger partial charge in [-0.05, 0) is 43.9 Å². The summed E-state index contributed by atoms with van der Waals surface area (Å²) in [5.41, 5.74) is 5.74. The molecule has 0 radical (unpaired) electrons. The molecule has 1 aliphatic heterocycles. The first kappa shape index (κ1) is 15.5. The molecule has 0 bridgehead atoms. The zero-order valence-corrected chi connectivity index (χ0v) is 13.6. The molecule has 6 nitrogen and oxygen atoms in total. The number of nitrogens with zero attached hydrogens (tertiary/aromatic N) is 2. The van der Waals surface area contributed by atoms with Crippen molar-refractivity contribution in [2.75, 3.05) is 43.5 Å². The van der Waals surface area contributed by atoms with Crippen molar-refractivity contribution in [3.05, 3.63) is 0 Å². The van der Waals surface area contributed by atoms with E-state index in [0.29, 0.717) is 17.3 Å². The van der Waals surface area contributed by atoms with Crippen LogP contribution in [-0.2, 0) is 9.84 Å². The average Bonchev–Trinajstić information content (AvgIpc) is 2.93. The van der Waals surface area contributed by atoms with E-state index in [9.17, 15) is 8.42 Å². The molecule has 1 aromatic rings. The first-order chi connectivity index (χ1) is 9.44. The molecule has 2 heterocycles. The number of hydrogen-bond donors (Lipinski definition) is 2. The number of likely N-dealkylation sites (tertiary alicyclic amines) is 1. The maximum Gasteiger partial charge on any atom is 0.185 e. The van der Waals surface area contributed by atoms with Crippen molar-refractivity contribution < 1.29 is 8.42 Å². The number of hydrogen-bond acceptors (Lipinski definition) is 7. The molecule has 0 amide bonds. The van der Waals surface area contributed by atoms with Crippen LogP contribution in [0.5, 0.6) is 0 Å². The van der Waals surface area contributed by atoms with Gasteiger partial charge in [-0.25, -0.2) is 8.42 Å². The summed E-state index contributed by atoms with van der Waals surface area (Å²) >= 11 is 1.13. The maximum absolute atomic E-state index is 12.2. The normalized spacial score (nSPS) is 20.4. The van der Waals surface area contributed by atoms with Crippen LogP contribution in [-0.4, -0.2) is 50.1 Å². The smallest absolute Gasteiger partial charge is 0.185 e. The van der Waals surface area contributed by atoms with Crippen molar-refractivity contribution >= 4 is 32.2 Å². The van der Waals surface area contributed by atoms with Crippen LogP contribution < -0.4 is 11.1 Å². The lowest BCUT2D eigenvalue weighted by atomic mass is 10.1. The molecule has 0 spiro atoms. The van der Waals surface area contributed by atoms with Gasteiger partial charge < -0.3 is 16.0 Å². The second kappa shape index (κ2) is 6.28. The Bertz CT molecular complexity index is 556. The molecular formula is C12H22N4O2S2. The zero-order valence-electron chi connectivity index (χ0n) is 11.9. The van der Waals surface area contributed by atoms with Crippen molar-refractivity contribution in [2.45, 2.75) is 24.7 Å². The minimum absolute atomic E-state index is 0.108. The Morgan fingerprint density at radius 2 is 2.30 bits per heavy atom. The molecule has 1 unspecified atom stereocenters. The summed E-state index contributed by atoms with van der Waals surface area (Å²) in [7, 11) is -1.24. The third-order valence-corrected chi connectivity index (χ3v) is 6.43. The second-order valence-corrected chi connectivity index (χ2v) is 8.16. The van der Waals surface area contributed by atoms with Crippen molar-refractivity contribution in [3.8, 4) is 0 Å². The average molecular weight is 318 g/mol. The highest BCUT2D eigenvalue weighted by Crippen LogP contribution is 2.33. The fourth-order valence-electron chi connectivity index (χ4n) is 2.51. The standard InChI is InChI=1S/C12H22N4O2S2/c1-3-6-20(17,18)10-11(13)15-19-12(10)14-7-9-4-5-16(2)8-9/h9,14H,3-8H2,1-2H3,(H2,13,15). The molecule has 1 saturated heterocycles. The number of aromatic nitrogens is 1. The maximum atomic E-state index is 12.2. The van der Waals surface area contributed by atoms with Gasteiger partial charge in [-0.2, -0.15) is 4.37 Å². The van der Waals surface area contributed by atoms with Gasteiger partial charge >= 0.3 is 0 Å². The first-order valence-electron chi connectivity index (χ1n) is 6.84. The minimum Gasteiger partial charge on any atom is -0.382 e. The van der Waals surface area contributed by atoms with Crippen LogP contribution in [0.2, 0.25) is 0 Å². The first-order valence-corrected chi connectivity index (χ1v) is 9.27. The molecule has 114 valence electrons. The summed E-state index contributed by atoms with van der Waals surface area (Å²) in [6.45, 7) is 4.74. The highest BCUT2D eigenvalue weighted by molar-refractivity contribution is 7.91. The Morgan fingerprint density at radius 1 is 1.55 bits per heavy atom. The molecule has 3 N–H and O–H groups in total. The summed E-state index contributed by atoms with van der Waals surface area (Å²) in [5, 5.41) is 3.82. The van der Waals surface area contributed by atoms with Crippen molar-refractivity contribution in [3.63, 3.8) is 0 Å². The molecule has 1 aliphatic rings. The molecule has 0 aliphatic carbocycles. The third kappa shape index (κ3) is 3.42. The minimum atomic E-state index is -3.33. The van der Waals surface area contributed by atoms with Gasteiger partial charge in [-0.15, -0.1) is 0 Å². The Hall–Kier alpha value is -0.860. The summed E-state index contributed by atoms with van der Waals surface area (Å²) in [6, 6.07) is 0. The molecule has 8 heteroatoms. The van der Waals surface area contributed by atoms with Crippen LogP contribution in [0.3, 0.4) is 0 Å². The van der Waals surface area contributed by atoms with Gasteiger partial charge in [0.1, 0.15) is 9.90 Å². The molecule has 0 aromatic carbocycles. The van der Waals surface area contributed by atoms with Gasteiger partial charge in [0.05, 0.1) is 5.75 Å². The van der Waals surface area contributed by atoms with Crippen LogP contribution in [0.4, 0.5) is 10.8 Å². The van der Waals surface area contributed by atoms with Gasteiger partial charge in [0.25, 0.3) is 0 Å². The van der Waals surface area contributed by atoms with E-state index < -0.39 is 9.84 Å². The van der Waals surface area contributed by atoms with E-state index in [1.807, 2.05) is 6.92 Å². The van der Waals surface area contributed by atoms with E-state index in [-0.39, 0.29) is 16.5 Å². The fourth-order valence-corrected chi connectivity index (χ4v) is 5.14. The number of nitrogens with one attached hydrogen (secondary N) is 1. The van der Waals surface area contributed by atoms with Gasteiger partial charge in [-0.1, -0.05) is 6.92 Å². The van der Waals surface area contributed by atoms with Gasteiger partial charge in [0.2, 0.25) is 0 Å². The molecule has 0 saturated carbocycles. The van der Waals surface area contributed by atoms with Crippen LogP contribution >= 0.6 is 11.5 Å². The Labute approximate surface area is 124 Å². The summed E-state index contributed by atoms with van der Waals surface area (Å²) in [5.74, 6) is 0.774. The molecule has 1 atom stereocenters. The van der Waals surface area contributed by atoms with Crippen molar-refractivity contribution in [1.82, 2.24) is 9.27 Å². The molecule has 1 aromatic heterocycles. The van der Waals surface area contributed by atoms with E-state index in [4.69, 9.17) is 5.73 Å². The van der Waals surface area contributed by atoms with E-state index in [1.54, 1.807) is 0 Å². The van der Waals surface area contributed by atoms with E-state index in [0.717, 1.165) is 37.6 Å². The summed E-state index contributed by atoms with van der Waals surface area (Å²) in [6.07, 6.45) is 1.71.